The Kier molecular flexibility index (Phi) is 2.08. The van der Waals surface area contributed by atoms with Crippen LogP contribution in [0.4, 0.5) is 0 Å². The van der Waals surface area contributed by atoms with Crippen LogP contribution >= 0.6 is 0 Å². The monoisotopic (exact) mass is 195 g/mol. The summed E-state index contributed by atoms with van der Waals surface area (Å²) in [5.74, 6) is 0.957. The van der Waals surface area contributed by atoms with Crippen LogP contribution in [-0.2, 0) is 0 Å². The molecule has 0 N–H and O–H groups in total. The number of likely N-dealkylation sites (N-methyl/N-ethyl adjacent to an activating group) is 1. The van der Waals surface area contributed by atoms with Gasteiger partial charge in [0.1, 0.15) is 0 Å². The minimum Gasteiger partial charge on any atom is -0.303 e. The van der Waals surface area contributed by atoms with Crippen LogP contribution in [0.3, 0.4) is 0 Å². The molecule has 3 fully saturated rings. The van der Waals surface area contributed by atoms with Crippen molar-refractivity contribution in [2.75, 3.05) is 46.3 Å². The molecule has 0 unspecified atom stereocenters. The van der Waals surface area contributed by atoms with Gasteiger partial charge in [-0.2, -0.15) is 0 Å². The smallest absolute Gasteiger partial charge is 0.0351 e. The molecule has 14 heavy (non-hydrogen) atoms. The molecule has 0 spiro atoms. The summed E-state index contributed by atoms with van der Waals surface area (Å²) in [6.45, 7) is 10.3. The van der Waals surface area contributed by atoms with Crippen molar-refractivity contribution in [2.24, 2.45) is 5.92 Å². The first-order valence-corrected chi connectivity index (χ1v) is 5.89. The summed E-state index contributed by atoms with van der Waals surface area (Å²) in [4.78, 5) is 7.72. The highest BCUT2D eigenvalue weighted by Crippen LogP contribution is 2.27. The van der Waals surface area contributed by atoms with Crippen LogP contribution in [0, 0.1) is 5.92 Å². The predicted octanol–water partition coefficient (Wildman–Crippen LogP) is -0.0637. The molecule has 3 nitrogen and oxygen atoms in total. The van der Waals surface area contributed by atoms with Crippen molar-refractivity contribution >= 4 is 0 Å². The molecule has 0 bridgehead atoms. The molecule has 0 radical (unpaired) electrons. The molecule has 0 amide bonds. The van der Waals surface area contributed by atoms with Crippen molar-refractivity contribution in [3.63, 3.8) is 0 Å². The first-order chi connectivity index (χ1) is 6.72. The second kappa shape index (κ2) is 3.19. The lowest BCUT2D eigenvalue weighted by Crippen LogP contribution is -2.71. The van der Waals surface area contributed by atoms with Gasteiger partial charge < -0.3 is 4.90 Å². The van der Waals surface area contributed by atoms with E-state index in [1.54, 1.807) is 0 Å². The molecule has 0 aromatic rings. The second-order valence-corrected chi connectivity index (χ2v) is 5.54. The van der Waals surface area contributed by atoms with E-state index < -0.39 is 0 Å². The molecule has 3 aliphatic heterocycles. The summed E-state index contributed by atoms with van der Waals surface area (Å²) < 4.78 is 0. The molecule has 3 heteroatoms. The molecule has 3 heterocycles. The van der Waals surface area contributed by atoms with Crippen molar-refractivity contribution in [1.29, 1.82) is 0 Å². The van der Waals surface area contributed by atoms with Gasteiger partial charge in [0.15, 0.2) is 0 Å². The van der Waals surface area contributed by atoms with Crippen LogP contribution in [0.2, 0.25) is 0 Å². The number of hydrogen-bond donors (Lipinski definition) is 0. The summed E-state index contributed by atoms with van der Waals surface area (Å²) in [7, 11) is 2.21. The van der Waals surface area contributed by atoms with Crippen LogP contribution in [0.5, 0.6) is 0 Å². The highest BCUT2D eigenvalue weighted by Gasteiger charge is 2.42. The SMILES string of the molecule is CC1CN(C2CN(C3CN(C)C3)C2)C1. The lowest BCUT2D eigenvalue weighted by atomic mass is 9.93. The van der Waals surface area contributed by atoms with Gasteiger partial charge in [-0.1, -0.05) is 6.92 Å². The normalized spacial score (nSPS) is 33.9. The average molecular weight is 195 g/mol. The summed E-state index contributed by atoms with van der Waals surface area (Å²) in [5, 5.41) is 0. The van der Waals surface area contributed by atoms with Crippen LogP contribution in [0.15, 0.2) is 0 Å². The molecule has 3 saturated heterocycles. The summed E-state index contributed by atoms with van der Waals surface area (Å²) >= 11 is 0. The zero-order valence-electron chi connectivity index (χ0n) is 9.32. The third-order valence-electron chi connectivity index (χ3n) is 4.06. The lowest BCUT2D eigenvalue weighted by molar-refractivity contribution is -0.0724. The minimum atomic E-state index is 0.884. The number of rotatable bonds is 2. The van der Waals surface area contributed by atoms with Gasteiger partial charge in [0.2, 0.25) is 0 Å². The molecular weight excluding hydrogens is 174 g/mol. The fourth-order valence-electron chi connectivity index (χ4n) is 2.96. The van der Waals surface area contributed by atoms with E-state index in [2.05, 4.69) is 28.7 Å². The zero-order valence-corrected chi connectivity index (χ0v) is 9.32. The topological polar surface area (TPSA) is 9.72 Å². The van der Waals surface area contributed by atoms with E-state index in [4.69, 9.17) is 0 Å². The second-order valence-electron chi connectivity index (χ2n) is 5.54. The average Bonchev–Trinajstić information content (AvgIpc) is 1.94. The minimum absolute atomic E-state index is 0.884. The van der Waals surface area contributed by atoms with E-state index in [0.717, 1.165) is 18.0 Å². The number of nitrogens with zero attached hydrogens (tertiary/aromatic N) is 3. The maximum atomic E-state index is 2.66. The third kappa shape index (κ3) is 1.38. The van der Waals surface area contributed by atoms with Crippen molar-refractivity contribution in [3.8, 4) is 0 Å². The standard InChI is InChI=1S/C11H21N3/c1-9-3-13(4-9)11-7-14(8-11)10-5-12(2)6-10/h9-11H,3-8H2,1-2H3. The van der Waals surface area contributed by atoms with Crippen LogP contribution in [0.1, 0.15) is 6.92 Å². The molecule has 3 aliphatic rings. The third-order valence-corrected chi connectivity index (χ3v) is 4.06. The predicted molar refractivity (Wildman–Crippen MR) is 57.4 cm³/mol. The largest absolute Gasteiger partial charge is 0.303 e. The van der Waals surface area contributed by atoms with Gasteiger partial charge in [0.05, 0.1) is 0 Å². The van der Waals surface area contributed by atoms with Crippen molar-refractivity contribution in [3.05, 3.63) is 0 Å². The zero-order chi connectivity index (χ0) is 9.71. The lowest BCUT2D eigenvalue weighted by Gasteiger charge is -2.56. The molecule has 0 atom stereocenters. The van der Waals surface area contributed by atoms with E-state index in [1.165, 1.54) is 39.3 Å². The number of hydrogen-bond acceptors (Lipinski definition) is 3. The van der Waals surface area contributed by atoms with Gasteiger partial charge in [-0.05, 0) is 13.0 Å². The van der Waals surface area contributed by atoms with Crippen LogP contribution < -0.4 is 0 Å². The van der Waals surface area contributed by atoms with Gasteiger partial charge in [-0.3, -0.25) is 9.80 Å². The van der Waals surface area contributed by atoms with Crippen LogP contribution in [0.25, 0.3) is 0 Å². The first kappa shape index (κ1) is 9.13. The molecule has 0 aliphatic carbocycles. The quantitative estimate of drug-likeness (QED) is 0.611. The Morgan fingerprint density at radius 3 is 1.79 bits per heavy atom. The summed E-state index contributed by atoms with van der Waals surface area (Å²) in [6, 6.07) is 1.78. The molecule has 0 saturated carbocycles. The van der Waals surface area contributed by atoms with Gasteiger partial charge in [0, 0.05) is 51.4 Å². The highest BCUT2D eigenvalue weighted by atomic mass is 15.4. The van der Waals surface area contributed by atoms with Gasteiger partial charge in [-0.25, -0.2) is 0 Å². The van der Waals surface area contributed by atoms with E-state index in [9.17, 15) is 0 Å². The number of likely N-dealkylation sites (tertiary alicyclic amines) is 3. The molecule has 0 aromatic carbocycles. The summed E-state index contributed by atoms with van der Waals surface area (Å²) in [5.41, 5.74) is 0. The fourth-order valence-corrected chi connectivity index (χ4v) is 2.96. The Bertz CT molecular complexity index is 191. The van der Waals surface area contributed by atoms with Gasteiger partial charge in [0.25, 0.3) is 0 Å². The Hall–Kier alpha value is -0.120. The maximum Gasteiger partial charge on any atom is 0.0351 e. The molecule has 80 valence electrons. The molecule has 3 rings (SSSR count). The van der Waals surface area contributed by atoms with E-state index in [0.29, 0.717) is 0 Å². The highest BCUT2D eigenvalue weighted by molar-refractivity contribution is 4.99. The van der Waals surface area contributed by atoms with Gasteiger partial charge >= 0.3 is 0 Å². The van der Waals surface area contributed by atoms with Crippen LogP contribution in [-0.4, -0.2) is 73.1 Å². The molecule has 0 aromatic heterocycles. The summed E-state index contributed by atoms with van der Waals surface area (Å²) in [6.07, 6.45) is 0. The van der Waals surface area contributed by atoms with E-state index in [1.807, 2.05) is 0 Å². The Labute approximate surface area is 86.7 Å². The van der Waals surface area contributed by atoms with E-state index in [-0.39, 0.29) is 0 Å². The van der Waals surface area contributed by atoms with E-state index >= 15 is 0 Å². The maximum absolute atomic E-state index is 2.66. The fraction of sp³-hybridized carbons (Fsp3) is 1.00. The van der Waals surface area contributed by atoms with Crippen molar-refractivity contribution < 1.29 is 0 Å². The van der Waals surface area contributed by atoms with Gasteiger partial charge in [-0.15, -0.1) is 0 Å². The van der Waals surface area contributed by atoms with Crippen molar-refractivity contribution in [2.45, 2.75) is 19.0 Å². The Morgan fingerprint density at radius 2 is 1.29 bits per heavy atom. The van der Waals surface area contributed by atoms with Crippen molar-refractivity contribution in [1.82, 2.24) is 14.7 Å². The Balaban J connectivity index is 1.39. The Morgan fingerprint density at radius 1 is 0.786 bits per heavy atom. The molecular formula is C11H21N3. The first-order valence-electron chi connectivity index (χ1n) is 5.89.